The summed E-state index contributed by atoms with van der Waals surface area (Å²) >= 11 is 4.01. The van der Waals surface area contributed by atoms with Crippen molar-refractivity contribution in [2.24, 2.45) is 0 Å². The topological polar surface area (TPSA) is 82.8 Å². The number of furan rings is 1. The van der Waals surface area contributed by atoms with Gasteiger partial charge in [0, 0.05) is 6.07 Å². The highest BCUT2D eigenvalue weighted by atomic mass is 32.1. The Kier molecular flexibility index (Phi) is 4.71. The summed E-state index contributed by atoms with van der Waals surface area (Å²) in [5, 5.41) is 11.4. The summed E-state index contributed by atoms with van der Waals surface area (Å²) in [6.45, 7) is 1.73. The average molecular weight is 324 g/mol. The molecule has 1 atom stereocenters. The number of aromatic carboxylic acids is 1. The van der Waals surface area contributed by atoms with Crippen LogP contribution in [0.15, 0.2) is 41.0 Å². The minimum atomic E-state index is -1.24. The van der Waals surface area contributed by atoms with Crippen LogP contribution in [0.3, 0.4) is 0 Å². The van der Waals surface area contributed by atoms with E-state index in [1.165, 1.54) is 18.2 Å². The molecule has 0 saturated heterocycles. The summed E-state index contributed by atoms with van der Waals surface area (Å²) in [6.07, 6.45) is 1.11. The van der Waals surface area contributed by atoms with Gasteiger partial charge in [-0.3, -0.25) is 0 Å². The fourth-order valence-corrected chi connectivity index (χ4v) is 1.91. The summed E-state index contributed by atoms with van der Waals surface area (Å²) in [5.74, 6) is -1.90. The maximum absolute atomic E-state index is 12.9. The van der Waals surface area contributed by atoms with Crippen LogP contribution in [0.1, 0.15) is 29.1 Å². The Hall–Kier alpha value is -2.48. The maximum atomic E-state index is 12.9. The fraction of sp³-hybridized carbons (Fsp3) is 0.143. The lowest BCUT2D eigenvalue weighted by Crippen LogP contribution is -2.35. The lowest BCUT2D eigenvalue weighted by molar-refractivity contribution is 0.0662. The molecule has 2 N–H and O–H groups in total. The van der Waals surface area contributed by atoms with E-state index in [0.29, 0.717) is 0 Å². The SMILES string of the molecule is CC(NC(=O)N(S)c1coc(C(=O)O)c1)c1ccc(F)cc1. The van der Waals surface area contributed by atoms with Gasteiger partial charge in [0.25, 0.3) is 0 Å². The third-order valence-corrected chi connectivity index (χ3v) is 3.36. The normalized spacial score (nSPS) is 11.8. The highest BCUT2D eigenvalue weighted by Gasteiger charge is 2.19. The number of hydrogen-bond donors (Lipinski definition) is 3. The van der Waals surface area contributed by atoms with Crippen molar-refractivity contribution < 1.29 is 23.5 Å². The van der Waals surface area contributed by atoms with Crippen LogP contribution in [-0.2, 0) is 0 Å². The molecule has 6 nitrogen and oxygen atoms in total. The third kappa shape index (κ3) is 3.59. The molecule has 8 heteroatoms. The van der Waals surface area contributed by atoms with Gasteiger partial charge in [-0.1, -0.05) is 24.9 Å². The van der Waals surface area contributed by atoms with Crippen molar-refractivity contribution in [1.82, 2.24) is 5.32 Å². The molecule has 0 aliphatic carbocycles. The Bertz CT molecular complexity index is 686. The van der Waals surface area contributed by atoms with E-state index in [2.05, 4.69) is 18.1 Å². The number of hydrogen-bond acceptors (Lipinski definition) is 4. The zero-order chi connectivity index (χ0) is 16.3. The van der Waals surface area contributed by atoms with Gasteiger partial charge in [0.1, 0.15) is 12.1 Å². The standard InChI is InChI=1S/C14H13FN2O4S/c1-8(9-2-4-10(15)5-3-9)16-14(20)17(22)11-6-12(13(18)19)21-7-11/h2-8,22H,1H3,(H,16,20)(H,18,19). The van der Waals surface area contributed by atoms with Crippen LogP contribution >= 0.6 is 12.8 Å². The molecule has 0 bridgehead atoms. The van der Waals surface area contributed by atoms with Crippen molar-refractivity contribution in [2.75, 3.05) is 4.31 Å². The molecule has 2 aromatic rings. The van der Waals surface area contributed by atoms with Crippen LogP contribution in [0.4, 0.5) is 14.9 Å². The van der Waals surface area contributed by atoms with Gasteiger partial charge in [-0.05, 0) is 24.6 Å². The van der Waals surface area contributed by atoms with Crippen molar-refractivity contribution in [1.29, 1.82) is 0 Å². The first-order chi connectivity index (χ1) is 10.4. The summed E-state index contributed by atoms with van der Waals surface area (Å²) in [6, 6.07) is 5.94. The molecular formula is C14H13FN2O4S. The molecule has 0 saturated carbocycles. The van der Waals surface area contributed by atoms with E-state index in [1.807, 2.05) is 0 Å². The predicted molar refractivity (Wildman–Crippen MR) is 80.5 cm³/mol. The minimum Gasteiger partial charge on any atom is -0.475 e. The van der Waals surface area contributed by atoms with Gasteiger partial charge < -0.3 is 14.8 Å². The van der Waals surface area contributed by atoms with Gasteiger partial charge in [0.05, 0.1) is 11.7 Å². The summed E-state index contributed by atoms with van der Waals surface area (Å²) < 4.78 is 18.6. The van der Waals surface area contributed by atoms with E-state index >= 15 is 0 Å². The molecule has 0 aliphatic rings. The van der Waals surface area contributed by atoms with Crippen molar-refractivity contribution in [2.45, 2.75) is 13.0 Å². The number of benzene rings is 1. The summed E-state index contributed by atoms with van der Waals surface area (Å²) in [5.41, 5.74) is 0.902. The van der Waals surface area contributed by atoms with Gasteiger partial charge >= 0.3 is 12.0 Å². The number of carbonyl (C=O) groups is 2. The van der Waals surface area contributed by atoms with E-state index in [0.717, 1.165) is 16.1 Å². The first-order valence-corrected chi connectivity index (χ1v) is 6.65. The number of thiol groups is 1. The Morgan fingerprint density at radius 3 is 2.55 bits per heavy atom. The van der Waals surface area contributed by atoms with Crippen molar-refractivity contribution in [3.8, 4) is 0 Å². The zero-order valence-electron chi connectivity index (χ0n) is 11.5. The van der Waals surface area contributed by atoms with Crippen LogP contribution in [0.2, 0.25) is 0 Å². The summed E-state index contributed by atoms with van der Waals surface area (Å²) in [7, 11) is 0. The second-order valence-electron chi connectivity index (χ2n) is 4.51. The van der Waals surface area contributed by atoms with Crippen LogP contribution in [0, 0.1) is 5.82 Å². The van der Waals surface area contributed by atoms with Crippen molar-refractivity contribution in [3.05, 3.63) is 53.7 Å². The van der Waals surface area contributed by atoms with E-state index in [4.69, 9.17) is 9.52 Å². The monoisotopic (exact) mass is 324 g/mol. The number of carbonyl (C=O) groups excluding carboxylic acids is 1. The number of anilines is 1. The second-order valence-corrected chi connectivity index (χ2v) is 4.91. The number of nitrogens with one attached hydrogen (secondary N) is 1. The Balaban J connectivity index is 2.04. The number of carboxylic acid groups (broad SMARTS) is 1. The average Bonchev–Trinajstić information content (AvgIpc) is 2.97. The highest BCUT2D eigenvalue weighted by Crippen LogP contribution is 2.21. The number of halogens is 1. The van der Waals surface area contributed by atoms with Crippen LogP contribution in [0.25, 0.3) is 0 Å². The van der Waals surface area contributed by atoms with E-state index in [-0.39, 0.29) is 23.3 Å². The molecular weight excluding hydrogens is 311 g/mol. The lowest BCUT2D eigenvalue weighted by atomic mass is 10.1. The zero-order valence-corrected chi connectivity index (χ0v) is 12.4. The first-order valence-electron chi connectivity index (χ1n) is 6.25. The predicted octanol–water partition coefficient (Wildman–Crippen LogP) is 3.24. The maximum Gasteiger partial charge on any atom is 0.371 e. The number of amides is 2. The molecule has 1 aromatic carbocycles. The van der Waals surface area contributed by atoms with Crippen molar-refractivity contribution >= 4 is 30.5 Å². The molecule has 0 spiro atoms. The molecule has 0 radical (unpaired) electrons. The Morgan fingerprint density at radius 2 is 2.00 bits per heavy atom. The van der Waals surface area contributed by atoms with Gasteiger partial charge in [-0.15, -0.1) is 0 Å². The molecule has 116 valence electrons. The molecule has 1 heterocycles. The molecule has 0 aliphatic heterocycles. The van der Waals surface area contributed by atoms with Crippen molar-refractivity contribution in [3.63, 3.8) is 0 Å². The van der Waals surface area contributed by atoms with E-state index in [9.17, 15) is 14.0 Å². The van der Waals surface area contributed by atoms with Gasteiger partial charge in [0.2, 0.25) is 5.76 Å². The Morgan fingerprint density at radius 1 is 1.36 bits per heavy atom. The lowest BCUT2D eigenvalue weighted by Gasteiger charge is -2.19. The third-order valence-electron chi connectivity index (χ3n) is 2.94. The summed E-state index contributed by atoms with van der Waals surface area (Å²) in [4.78, 5) is 22.8. The molecule has 1 unspecified atom stereocenters. The molecule has 2 rings (SSSR count). The largest absolute Gasteiger partial charge is 0.475 e. The van der Waals surface area contributed by atoms with Gasteiger partial charge in [-0.2, -0.15) is 0 Å². The molecule has 1 aromatic heterocycles. The second kappa shape index (κ2) is 6.52. The smallest absolute Gasteiger partial charge is 0.371 e. The van der Waals surface area contributed by atoms with Crippen LogP contribution < -0.4 is 9.62 Å². The number of urea groups is 1. The molecule has 0 fully saturated rings. The minimum absolute atomic E-state index is 0.185. The fourth-order valence-electron chi connectivity index (χ4n) is 1.75. The Labute approximate surface area is 131 Å². The molecule has 2 amide bonds. The van der Waals surface area contributed by atoms with Gasteiger partial charge in [-0.25, -0.2) is 18.3 Å². The van der Waals surface area contributed by atoms with Crippen LogP contribution in [-0.4, -0.2) is 17.1 Å². The van der Waals surface area contributed by atoms with Gasteiger partial charge in [0.15, 0.2) is 0 Å². The van der Waals surface area contributed by atoms with E-state index < -0.39 is 12.0 Å². The number of nitrogens with zero attached hydrogens (tertiary/aromatic N) is 1. The number of carboxylic acids is 1. The quantitative estimate of drug-likeness (QED) is 0.754. The van der Waals surface area contributed by atoms with E-state index in [1.54, 1.807) is 19.1 Å². The highest BCUT2D eigenvalue weighted by molar-refractivity contribution is 7.82. The first kappa shape index (κ1) is 15.9. The molecule has 22 heavy (non-hydrogen) atoms. The van der Waals surface area contributed by atoms with Crippen LogP contribution in [0.5, 0.6) is 0 Å². The number of rotatable bonds is 4.